The summed E-state index contributed by atoms with van der Waals surface area (Å²) in [5.41, 5.74) is 3.44. The van der Waals surface area contributed by atoms with Gasteiger partial charge in [-0.25, -0.2) is 9.59 Å². The molecule has 0 aliphatic rings. The van der Waals surface area contributed by atoms with Gasteiger partial charge >= 0.3 is 40.1 Å². The van der Waals surface area contributed by atoms with Crippen molar-refractivity contribution < 1.29 is 68.3 Å². The molecule has 0 spiro atoms. The largest absolute Gasteiger partial charge is 0.480 e. The van der Waals surface area contributed by atoms with E-state index in [0.717, 1.165) is 22.3 Å². The minimum absolute atomic E-state index is 0.0434. The molecular weight excluding hydrogens is 1210 g/mol. The number of nitrogens with one attached hydrogen (secondary N) is 8. The van der Waals surface area contributed by atoms with Crippen molar-refractivity contribution in [2.24, 2.45) is 23.7 Å². The first-order chi connectivity index (χ1) is 45.1. The summed E-state index contributed by atoms with van der Waals surface area (Å²) in [7, 11) is -2.01. The van der Waals surface area contributed by atoms with E-state index >= 15 is 0 Å². The lowest BCUT2D eigenvalue weighted by Gasteiger charge is -2.29. The van der Waals surface area contributed by atoms with Crippen molar-refractivity contribution in [3.8, 4) is 0 Å². The fourth-order valence-electron chi connectivity index (χ4n) is 11.3. The summed E-state index contributed by atoms with van der Waals surface area (Å²) in [6, 6.07) is 31.8. The number of carbonyl (C=O) groups is 8. The molecule has 10 atom stereocenters. The molecule has 26 heteroatoms. The van der Waals surface area contributed by atoms with Crippen molar-refractivity contribution in [1.29, 1.82) is 0 Å². The maximum absolute atomic E-state index is 14.1. The van der Waals surface area contributed by atoms with Crippen LogP contribution in [0.1, 0.15) is 140 Å². The summed E-state index contributed by atoms with van der Waals surface area (Å²) in [6.07, 6.45) is 3.78. The van der Waals surface area contributed by atoms with Crippen LogP contribution in [0.2, 0.25) is 27.3 Å². The van der Waals surface area contributed by atoms with Gasteiger partial charge in [0.15, 0.2) is 11.6 Å². The number of hydrogen-bond donors (Lipinski definition) is 13. The molecule has 13 N–H and O–H groups in total. The van der Waals surface area contributed by atoms with Crippen LogP contribution < -0.4 is 42.2 Å². The molecule has 0 unspecified atom stereocenters. The van der Waals surface area contributed by atoms with E-state index in [1.165, 1.54) is 20.8 Å². The highest BCUT2D eigenvalue weighted by molar-refractivity contribution is 6.46. The number of esters is 1. The van der Waals surface area contributed by atoms with Gasteiger partial charge in [0.1, 0.15) is 12.1 Å². The first-order valence-corrected chi connectivity index (χ1v) is 33.6. The maximum atomic E-state index is 14.1. The molecule has 4 aromatic carbocycles. The Hall–Kier alpha value is -7.02. The van der Waals surface area contributed by atoms with Crippen molar-refractivity contribution >= 4 is 75.3 Å². The average Bonchev–Trinajstić information content (AvgIpc) is 0.945. The maximum Gasteiger partial charge on any atom is 0.374 e. The Kier molecular flexibility index (Phi) is 38.7. The second-order valence-electron chi connectivity index (χ2n) is 25.8. The normalized spacial score (nSPS) is 14.3. The first kappa shape index (κ1) is 82.2. The molecule has 4 rings (SSSR count). The smallest absolute Gasteiger partial charge is 0.374 e. The molecule has 0 heterocycles. The summed E-state index contributed by atoms with van der Waals surface area (Å²) in [5.74, 6) is -6.32. The highest BCUT2D eigenvalue weighted by atomic mass is 16.5. The Bertz CT molecular complexity index is 2910. The number of carbonyl (C=O) groups excluding carboxylic acids is 7. The zero-order valence-electron chi connectivity index (χ0n) is 57.6. The third kappa shape index (κ3) is 32.5. The molecule has 0 aromatic heterocycles. The molecule has 95 heavy (non-hydrogen) atoms. The van der Waals surface area contributed by atoms with Gasteiger partial charge in [-0.2, -0.15) is 0 Å². The lowest BCUT2D eigenvalue weighted by molar-refractivity contribution is -0.146. The van der Waals surface area contributed by atoms with Gasteiger partial charge in [-0.05, 0) is 139 Å². The number of hydrogen-bond acceptors (Lipinski definition) is 17. The van der Waals surface area contributed by atoms with Gasteiger partial charge in [0, 0.05) is 36.5 Å². The fraction of sp³-hybridized carbons (Fsp3) is 0.536. The van der Waals surface area contributed by atoms with Crippen LogP contribution in [-0.2, 0) is 55.9 Å². The number of Topliss-reactive ketones (excluding diaryl/α,β-unsaturated/α-hetero) is 2. The van der Waals surface area contributed by atoms with Crippen LogP contribution in [0.5, 0.6) is 0 Å². The van der Waals surface area contributed by atoms with Crippen LogP contribution in [0.4, 0.5) is 0 Å². The van der Waals surface area contributed by atoms with Crippen molar-refractivity contribution in [1.82, 2.24) is 42.2 Å². The minimum Gasteiger partial charge on any atom is -0.480 e. The Labute approximate surface area is 564 Å². The van der Waals surface area contributed by atoms with Gasteiger partial charge in [0.25, 0.3) is 0 Å². The van der Waals surface area contributed by atoms with Crippen LogP contribution in [0.15, 0.2) is 121 Å². The first-order valence-electron chi connectivity index (χ1n) is 33.6. The highest BCUT2D eigenvalue weighted by Crippen LogP contribution is 2.25. The third-order valence-corrected chi connectivity index (χ3v) is 16.3. The predicted octanol–water partition coefficient (Wildman–Crippen LogP) is 5.38. The number of aliphatic carboxylic acids is 1. The molecule has 518 valence electrons. The van der Waals surface area contributed by atoms with Gasteiger partial charge in [0.05, 0.1) is 31.3 Å². The molecule has 0 aliphatic heterocycles. The zero-order chi connectivity index (χ0) is 70.6. The average molecular weight is 1310 g/mol. The number of ether oxygens (including phenoxy) is 1. The Morgan fingerprint density at radius 1 is 0.432 bits per heavy atom. The van der Waals surface area contributed by atoms with Crippen molar-refractivity contribution in [3.05, 3.63) is 144 Å². The minimum atomic E-state index is -1.16. The Morgan fingerprint density at radius 3 is 1.07 bits per heavy atom. The van der Waals surface area contributed by atoms with Gasteiger partial charge in [0.2, 0.25) is 23.6 Å². The van der Waals surface area contributed by atoms with E-state index in [-0.39, 0.29) is 67.3 Å². The lowest BCUT2D eigenvalue weighted by atomic mass is 9.82. The molecule has 4 amide bonds. The summed E-state index contributed by atoms with van der Waals surface area (Å²) >= 11 is 0. The number of amides is 4. The SMILES string of the molecule is CB(O)NCCCC[C@@H](NC(=O)[C@H](CC(=O)[C@@H](Cc1ccccc1)NC(=O)[C@H](NB(C)O)[C@H](C)c1ccccc1)CC(C)C)C(=O)O.COC(=O)[C@@H](CCCCNB(C)O)NC(=O)[C@H](CC(=O)[C@@H](Cc1ccccc1)NC(=O)[C@H](NB(C)O)[C@H](C)c1ccccc1)CC(C)C. The quantitative estimate of drug-likeness (QED) is 0.0150. The number of rotatable bonds is 44. The van der Waals surface area contributed by atoms with Crippen molar-refractivity contribution in [2.75, 3.05) is 20.2 Å². The number of methoxy groups -OCH3 is 1. The van der Waals surface area contributed by atoms with E-state index in [9.17, 15) is 63.6 Å². The zero-order valence-corrected chi connectivity index (χ0v) is 57.6. The predicted molar refractivity (Wildman–Crippen MR) is 375 cm³/mol. The monoisotopic (exact) mass is 1310 g/mol. The molecule has 4 aromatic rings. The van der Waals surface area contributed by atoms with Crippen LogP contribution in [0.3, 0.4) is 0 Å². The molecule has 0 saturated heterocycles. The van der Waals surface area contributed by atoms with Crippen LogP contribution >= 0.6 is 0 Å². The number of unbranched alkanes of at least 4 members (excludes halogenated alkanes) is 2. The standard InChI is InChI=1S/C35H54B2N4O7.C34H52B2N4O7/c1-24(2)21-28(33(43)39-29(35(45)48-6)19-13-14-20-38-36(4)46)23-31(42)30(22-26-15-9-7-10-16-26)40-34(44)32(41-37(5)47)25(3)27-17-11-8-12-18-27;1-23(2)20-27(32(42)38-28(34(44)45)18-12-13-19-37-35(4)46)22-30(41)29(21-25-14-8-6-9-15-25)39-33(43)31(40-36(5)47)24(3)26-16-10-7-11-17-26/h7-12,15-18,24-25,28-30,32,38,41,46-47H,13-14,19-23H2,1-6H3,(H,39,43)(H,40,44);6-11,14-17,23-24,27-29,31,37,40,46-47H,12-13,18-22H2,1-5H3,(H,38,42)(H,39,43)(H,44,45)/t25-,28+,29-,30-,32-;24-,27+,28-,29-,31-/m11/s1. The third-order valence-electron chi connectivity index (χ3n) is 16.3. The summed E-state index contributed by atoms with van der Waals surface area (Å²) in [5, 5.41) is 71.9. The van der Waals surface area contributed by atoms with Crippen molar-refractivity contribution in [2.45, 2.75) is 194 Å². The van der Waals surface area contributed by atoms with E-state index < -0.39 is 112 Å². The summed E-state index contributed by atoms with van der Waals surface area (Å²) < 4.78 is 4.95. The Morgan fingerprint density at radius 2 is 0.758 bits per heavy atom. The fourth-order valence-corrected chi connectivity index (χ4v) is 11.3. The Balaban J connectivity index is 0.000000495. The number of carboxylic acids is 1. The molecular formula is C69H106B4N8O14. The van der Waals surface area contributed by atoms with Gasteiger partial charge in [-0.3, -0.25) is 28.8 Å². The lowest BCUT2D eigenvalue weighted by Crippen LogP contribution is -2.56. The molecule has 0 fully saturated rings. The topological polar surface area (TPSA) is 343 Å². The highest BCUT2D eigenvalue weighted by Gasteiger charge is 2.37. The molecule has 0 aliphatic carbocycles. The van der Waals surface area contributed by atoms with E-state index in [0.29, 0.717) is 58.0 Å². The summed E-state index contributed by atoms with van der Waals surface area (Å²) in [4.78, 5) is 107. The van der Waals surface area contributed by atoms with E-state index in [1.807, 2.05) is 163 Å². The van der Waals surface area contributed by atoms with Gasteiger partial charge in [-0.15, -0.1) is 0 Å². The summed E-state index contributed by atoms with van der Waals surface area (Å²) in [6.45, 7) is 18.9. The van der Waals surface area contributed by atoms with E-state index in [4.69, 9.17) is 4.74 Å². The number of ketones is 2. The van der Waals surface area contributed by atoms with E-state index in [2.05, 4.69) is 42.2 Å². The number of carboxylic acid groups (broad SMARTS) is 1. The van der Waals surface area contributed by atoms with Gasteiger partial charge < -0.3 is 72.1 Å². The van der Waals surface area contributed by atoms with Crippen LogP contribution in [-0.4, -0.2) is 157 Å². The molecule has 0 radical (unpaired) electrons. The van der Waals surface area contributed by atoms with E-state index in [1.54, 1.807) is 13.6 Å². The number of benzene rings is 4. The van der Waals surface area contributed by atoms with Crippen LogP contribution in [0.25, 0.3) is 0 Å². The second kappa shape index (κ2) is 44.7. The second-order valence-corrected chi connectivity index (χ2v) is 25.8. The van der Waals surface area contributed by atoms with Crippen LogP contribution in [0, 0.1) is 23.7 Å². The van der Waals surface area contributed by atoms with Gasteiger partial charge in [-0.1, -0.05) is 163 Å². The molecule has 0 saturated carbocycles. The molecule has 22 nitrogen and oxygen atoms in total. The van der Waals surface area contributed by atoms with Crippen molar-refractivity contribution in [3.63, 3.8) is 0 Å². The molecule has 0 bridgehead atoms.